The van der Waals surface area contributed by atoms with E-state index in [0.29, 0.717) is 6.61 Å². The molecule has 0 saturated carbocycles. The molecule has 3 aliphatic rings. The maximum atomic E-state index is 12.9. The van der Waals surface area contributed by atoms with E-state index >= 15 is 0 Å². The Morgan fingerprint density at radius 1 is 1.20 bits per heavy atom. The molecule has 3 rings (SSSR count). The van der Waals surface area contributed by atoms with Gasteiger partial charge in [-0.25, -0.2) is 0 Å². The fourth-order valence-electron chi connectivity index (χ4n) is 4.00. The molecule has 112 valence electrons. The molecule has 2 amide bonds. The number of hydrogen-bond donors (Lipinski definition) is 0. The highest BCUT2D eigenvalue weighted by Crippen LogP contribution is 2.34. The fraction of sp³-hybridized carbons (Fsp3) is 0.867. The maximum absolute atomic E-state index is 12.9. The molecule has 3 unspecified atom stereocenters. The molecule has 3 fully saturated rings. The minimum absolute atomic E-state index is 0.112. The van der Waals surface area contributed by atoms with Gasteiger partial charge >= 0.3 is 0 Å². The van der Waals surface area contributed by atoms with Crippen molar-refractivity contribution in [1.82, 2.24) is 9.80 Å². The Morgan fingerprint density at radius 3 is 2.70 bits per heavy atom. The van der Waals surface area contributed by atoms with Crippen LogP contribution in [0.15, 0.2) is 0 Å². The maximum Gasteiger partial charge on any atom is 0.246 e. The van der Waals surface area contributed by atoms with Crippen LogP contribution in [0, 0.1) is 0 Å². The molecule has 3 saturated heterocycles. The van der Waals surface area contributed by atoms with Gasteiger partial charge in [0.25, 0.3) is 0 Å². The van der Waals surface area contributed by atoms with E-state index in [1.165, 1.54) is 0 Å². The molecule has 3 heterocycles. The molecular weight excluding hydrogens is 256 g/mol. The number of piperazine rings is 1. The van der Waals surface area contributed by atoms with E-state index in [4.69, 9.17) is 4.74 Å². The van der Waals surface area contributed by atoms with E-state index in [1.807, 2.05) is 11.8 Å². The second-order valence-electron chi connectivity index (χ2n) is 6.58. The SMILES string of the molecule is CC1C(=O)N2CCCCC2C(=O)N1C1(C)CCCOC1. The standard InChI is InChI=1S/C15H24N2O3/c1-11-13(18)16-8-4-3-6-12(16)14(19)17(11)15(2)7-5-9-20-10-15/h11-12H,3-10H2,1-2H3. The fourth-order valence-corrected chi connectivity index (χ4v) is 4.00. The Hall–Kier alpha value is -1.10. The summed E-state index contributed by atoms with van der Waals surface area (Å²) in [5.41, 5.74) is -0.325. The lowest BCUT2D eigenvalue weighted by Gasteiger charge is -2.53. The second-order valence-corrected chi connectivity index (χ2v) is 6.58. The molecule has 20 heavy (non-hydrogen) atoms. The first-order valence-electron chi connectivity index (χ1n) is 7.76. The zero-order chi connectivity index (χ0) is 14.3. The Labute approximate surface area is 120 Å². The van der Waals surface area contributed by atoms with E-state index in [-0.39, 0.29) is 29.4 Å². The molecule has 0 aromatic carbocycles. The number of rotatable bonds is 1. The summed E-state index contributed by atoms with van der Waals surface area (Å²) in [7, 11) is 0. The number of hydrogen-bond acceptors (Lipinski definition) is 3. The first kappa shape index (κ1) is 13.9. The minimum Gasteiger partial charge on any atom is -0.379 e. The molecule has 0 spiro atoms. The Bertz CT molecular complexity index is 417. The molecule has 3 atom stereocenters. The van der Waals surface area contributed by atoms with Crippen LogP contribution in [-0.4, -0.2) is 59.0 Å². The van der Waals surface area contributed by atoms with E-state index in [2.05, 4.69) is 6.92 Å². The van der Waals surface area contributed by atoms with Crippen LogP contribution in [0.3, 0.4) is 0 Å². The van der Waals surface area contributed by atoms with E-state index < -0.39 is 0 Å². The van der Waals surface area contributed by atoms with Crippen molar-refractivity contribution in [2.45, 2.75) is 63.6 Å². The van der Waals surface area contributed by atoms with E-state index in [1.54, 1.807) is 4.90 Å². The molecule has 5 nitrogen and oxygen atoms in total. The monoisotopic (exact) mass is 280 g/mol. The average molecular weight is 280 g/mol. The van der Waals surface area contributed by atoms with Crippen molar-refractivity contribution in [3.63, 3.8) is 0 Å². The summed E-state index contributed by atoms with van der Waals surface area (Å²) in [5, 5.41) is 0. The summed E-state index contributed by atoms with van der Waals surface area (Å²) >= 11 is 0. The van der Waals surface area contributed by atoms with Crippen LogP contribution in [0.25, 0.3) is 0 Å². The van der Waals surface area contributed by atoms with Crippen molar-refractivity contribution in [3.05, 3.63) is 0 Å². The van der Waals surface area contributed by atoms with Gasteiger partial charge in [0.15, 0.2) is 0 Å². The van der Waals surface area contributed by atoms with Gasteiger partial charge in [0, 0.05) is 13.2 Å². The number of fused-ring (bicyclic) bond motifs is 1. The summed E-state index contributed by atoms with van der Waals surface area (Å²) in [6, 6.07) is -0.588. The molecule has 3 aliphatic heterocycles. The highest BCUT2D eigenvalue weighted by molar-refractivity contribution is 5.97. The highest BCUT2D eigenvalue weighted by Gasteiger charge is 2.51. The van der Waals surface area contributed by atoms with Gasteiger partial charge in [-0.05, 0) is 46.0 Å². The van der Waals surface area contributed by atoms with Crippen LogP contribution in [0.4, 0.5) is 0 Å². The number of carbonyl (C=O) groups is 2. The van der Waals surface area contributed by atoms with Crippen molar-refractivity contribution in [2.24, 2.45) is 0 Å². The van der Waals surface area contributed by atoms with Gasteiger partial charge in [-0.3, -0.25) is 9.59 Å². The van der Waals surface area contributed by atoms with Crippen molar-refractivity contribution in [2.75, 3.05) is 19.8 Å². The van der Waals surface area contributed by atoms with Gasteiger partial charge in [0.1, 0.15) is 12.1 Å². The van der Waals surface area contributed by atoms with Crippen LogP contribution in [0.2, 0.25) is 0 Å². The van der Waals surface area contributed by atoms with Gasteiger partial charge in [-0.15, -0.1) is 0 Å². The molecule has 0 N–H and O–H groups in total. The molecule has 0 aliphatic carbocycles. The lowest BCUT2D eigenvalue weighted by Crippen LogP contribution is -2.71. The summed E-state index contributed by atoms with van der Waals surface area (Å²) in [6.07, 6.45) is 4.74. The van der Waals surface area contributed by atoms with Crippen molar-refractivity contribution in [3.8, 4) is 0 Å². The number of carbonyl (C=O) groups excluding carboxylic acids is 2. The highest BCUT2D eigenvalue weighted by atomic mass is 16.5. The number of piperidine rings is 1. The summed E-state index contributed by atoms with van der Waals surface area (Å²) < 4.78 is 5.59. The molecule has 0 bridgehead atoms. The van der Waals surface area contributed by atoms with Crippen LogP contribution in [-0.2, 0) is 14.3 Å². The lowest BCUT2D eigenvalue weighted by molar-refractivity contribution is -0.175. The zero-order valence-electron chi connectivity index (χ0n) is 12.4. The number of amides is 2. The van der Waals surface area contributed by atoms with Gasteiger partial charge < -0.3 is 14.5 Å². The third kappa shape index (κ3) is 2.03. The summed E-state index contributed by atoms with van der Waals surface area (Å²) in [4.78, 5) is 29.1. The van der Waals surface area contributed by atoms with Gasteiger partial charge in [0.05, 0.1) is 12.1 Å². The lowest BCUT2D eigenvalue weighted by atomic mass is 9.86. The second kappa shape index (κ2) is 5.02. The zero-order valence-corrected chi connectivity index (χ0v) is 12.4. The molecule has 0 aromatic rings. The minimum atomic E-state index is -0.358. The van der Waals surface area contributed by atoms with Crippen molar-refractivity contribution >= 4 is 11.8 Å². The number of nitrogens with zero attached hydrogens (tertiary/aromatic N) is 2. The van der Waals surface area contributed by atoms with Crippen molar-refractivity contribution in [1.29, 1.82) is 0 Å². The Kier molecular flexibility index (Phi) is 3.48. The molecular formula is C15H24N2O3. The van der Waals surface area contributed by atoms with Crippen LogP contribution in [0.1, 0.15) is 46.0 Å². The third-order valence-electron chi connectivity index (χ3n) is 5.05. The van der Waals surface area contributed by atoms with Crippen molar-refractivity contribution < 1.29 is 14.3 Å². The topological polar surface area (TPSA) is 49.9 Å². The van der Waals surface area contributed by atoms with Crippen LogP contribution < -0.4 is 0 Å². The molecule has 0 aromatic heterocycles. The number of ether oxygens (including phenoxy) is 1. The third-order valence-corrected chi connectivity index (χ3v) is 5.05. The summed E-state index contributed by atoms with van der Waals surface area (Å²) in [6.45, 7) is 5.97. The normalized spacial score (nSPS) is 38.9. The first-order valence-corrected chi connectivity index (χ1v) is 7.76. The quantitative estimate of drug-likeness (QED) is 0.724. The van der Waals surface area contributed by atoms with E-state index in [9.17, 15) is 9.59 Å². The average Bonchev–Trinajstić information content (AvgIpc) is 2.46. The van der Waals surface area contributed by atoms with Gasteiger partial charge in [-0.1, -0.05) is 0 Å². The van der Waals surface area contributed by atoms with E-state index in [0.717, 1.165) is 45.3 Å². The summed E-state index contributed by atoms with van der Waals surface area (Å²) in [5.74, 6) is 0.242. The predicted octanol–water partition coefficient (Wildman–Crippen LogP) is 1.17. The van der Waals surface area contributed by atoms with Crippen LogP contribution in [0.5, 0.6) is 0 Å². The Balaban J connectivity index is 1.90. The Morgan fingerprint density at radius 2 is 2.00 bits per heavy atom. The van der Waals surface area contributed by atoms with Crippen LogP contribution >= 0.6 is 0 Å². The predicted molar refractivity (Wildman–Crippen MR) is 74.1 cm³/mol. The largest absolute Gasteiger partial charge is 0.379 e. The molecule has 5 heteroatoms. The molecule has 0 radical (unpaired) electrons. The van der Waals surface area contributed by atoms with Gasteiger partial charge in [0.2, 0.25) is 11.8 Å². The smallest absolute Gasteiger partial charge is 0.246 e. The van der Waals surface area contributed by atoms with Gasteiger partial charge in [-0.2, -0.15) is 0 Å². The first-order chi connectivity index (χ1) is 9.54.